The van der Waals surface area contributed by atoms with Gasteiger partial charge in [-0.1, -0.05) is 0 Å². The quantitative estimate of drug-likeness (QED) is 0.669. The molecule has 27 heavy (non-hydrogen) atoms. The zero-order valence-corrected chi connectivity index (χ0v) is 16.2. The van der Waals surface area contributed by atoms with Crippen molar-refractivity contribution in [3.8, 4) is 0 Å². The number of likely N-dealkylation sites (tertiary alicyclic amines) is 1. The first-order valence-electron chi connectivity index (χ1n) is 8.77. The first-order chi connectivity index (χ1) is 13.2. The maximum atomic E-state index is 12.7. The second kappa shape index (κ2) is 7.91. The van der Waals surface area contributed by atoms with Crippen LogP contribution in [0, 0.1) is 0 Å². The van der Waals surface area contributed by atoms with Crippen LogP contribution in [-0.2, 0) is 6.54 Å². The predicted molar refractivity (Wildman–Crippen MR) is 102 cm³/mol. The molecule has 0 aliphatic carbocycles. The van der Waals surface area contributed by atoms with Crippen LogP contribution in [0.3, 0.4) is 0 Å². The zero-order chi connectivity index (χ0) is 18.6. The fourth-order valence-corrected chi connectivity index (χ4v) is 3.46. The van der Waals surface area contributed by atoms with Gasteiger partial charge in [-0.3, -0.25) is 9.48 Å². The molecule has 0 bridgehead atoms. The molecular formula is C18H19BrN6O2. The van der Waals surface area contributed by atoms with Crippen LogP contribution in [0.15, 0.2) is 51.7 Å². The molecule has 4 rings (SSSR count). The minimum Gasteiger partial charge on any atom is -0.454 e. The molecule has 3 aromatic heterocycles. The molecule has 8 nitrogen and oxygen atoms in total. The number of rotatable bonds is 5. The monoisotopic (exact) mass is 430 g/mol. The van der Waals surface area contributed by atoms with E-state index in [1.54, 1.807) is 23.1 Å². The Morgan fingerprint density at radius 2 is 2.15 bits per heavy atom. The highest BCUT2D eigenvalue weighted by Crippen LogP contribution is 2.19. The van der Waals surface area contributed by atoms with Gasteiger partial charge in [0.1, 0.15) is 11.6 Å². The molecule has 0 aromatic carbocycles. The summed E-state index contributed by atoms with van der Waals surface area (Å²) in [6.45, 7) is 1.85. The van der Waals surface area contributed by atoms with Gasteiger partial charge in [-0.05, 0) is 53.0 Å². The van der Waals surface area contributed by atoms with E-state index in [1.165, 1.54) is 0 Å². The highest BCUT2D eigenvalue weighted by molar-refractivity contribution is 9.10. The van der Waals surface area contributed by atoms with E-state index in [1.807, 2.05) is 29.3 Å². The number of piperidine rings is 1. The summed E-state index contributed by atoms with van der Waals surface area (Å²) in [5.74, 6) is 1.77. The number of amides is 1. The molecule has 0 unspecified atom stereocenters. The molecule has 140 valence electrons. The summed E-state index contributed by atoms with van der Waals surface area (Å²) in [6, 6.07) is 7.60. The van der Waals surface area contributed by atoms with Gasteiger partial charge in [-0.15, -0.1) is 5.10 Å². The number of furan rings is 1. The van der Waals surface area contributed by atoms with E-state index in [4.69, 9.17) is 4.42 Å². The van der Waals surface area contributed by atoms with Crippen LogP contribution in [0.25, 0.3) is 0 Å². The molecule has 1 aliphatic heterocycles. The molecule has 1 fully saturated rings. The average Bonchev–Trinajstić information content (AvgIpc) is 3.32. The lowest BCUT2D eigenvalue weighted by Gasteiger charge is -2.32. The van der Waals surface area contributed by atoms with Gasteiger partial charge in [0, 0.05) is 31.5 Å². The van der Waals surface area contributed by atoms with Gasteiger partial charge in [0.2, 0.25) is 0 Å². The SMILES string of the molecule is O=C(c1ccc(Cn2cc(Br)cn2)o1)N1CCC(Nc2cccnn2)CC1. The predicted octanol–water partition coefficient (Wildman–Crippen LogP) is 2.79. The van der Waals surface area contributed by atoms with Crippen molar-refractivity contribution in [3.63, 3.8) is 0 Å². The molecule has 0 saturated carbocycles. The van der Waals surface area contributed by atoms with Crippen molar-refractivity contribution in [1.82, 2.24) is 24.9 Å². The molecule has 1 saturated heterocycles. The Morgan fingerprint density at radius 1 is 1.30 bits per heavy atom. The normalized spacial score (nSPS) is 15.1. The van der Waals surface area contributed by atoms with E-state index in [0.29, 0.717) is 31.2 Å². The van der Waals surface area contributed by atoms with Crippen LogP contribution in [0.2, 0.25) is 0 Å². The maximum absolute atomic E-state index is 12.7. The second-order valence-electron chi connectivity index (χ2n) is 6.44. The number of nitrogens with one attached hydrogen (secondary N) is 1. The van der Waals surface area contributed by atoms with Crippen molar-refractivity contribution in [1.29, 1.82) is 0 Å². The van der Waals surface area contributed by atoms with Gasteiger partial charge in [0.05, 0.1) is 17.2 Å². The number of carbonyl (C=O) groups excluding carboxylic acids is 1. The van der Waals surface area contributed by atoms with Crippen molar-refractivity contribution in [2.24, 2.45) is 0 Å². The number of halogens is 1. The summed E-state index contributed by atoms with van der Waals surface area (Å²) in [6.07, 6.45) is 6.94. The van der Waals surface area contributed by atoms with E-state index in [9.17, 15) is 4.79 Å². The number of nitrogens with zero attached hydrogens (tertiary/aromatic N) is 5. The Morgan fingerprint density at radius 3 is 2.85 bits per heavy atom. The van der Waals surface area contributed by atoms with Crippen molar-refractivity contribution in [3.05, 3.63) is 58.8 Å². The lowest BCUT2D eigenvalue weighted by molar-refractivity contribution is 0.0684. The van der Waals surface area contributed by atoms with Gasteiger partial charge >= 0.3 is 0 Å². The van der Waals surface area contributed by atoms with Crippen LogP contribution < -0.4 is 5.32 Å². The number of hydrogen-bond donors (Lipinski definition) is 1. The Balaban J connectivity index is 1.31. The summed E-state index contributed by atoms with van der Waals surface area (Å²) >= 11 is 3.36. The molecule has 0 radical (unpaired) electrons. The summed E-state index contributed by atoms with van der Waals surface area (Å²) in [5.41, 5.74) is 0. The van der Waals surface area contributed by atoms with Gasteiger partial charge in [-0.25, -0.2) is 0 Å². The summed E-state index contributed by atoms with van der Waals surface area (Å²) in [5, 5.41) is 15.5. The maximum Gasteiger partial charge on any atom is 0.289 e. The minimum atomic E-state index is -0.0687. The van der Waals surface area contributed by atoms with E-state index in [2.05, 4.69) is 36.5 Å². The van der Waals surface area contributed by atoms with Crippen LogP contribution in [-0.4, -0.2) is 49.9 Å². The third-order valence-electron chi connectivity index (χ3n) is 4.50. The van der Waals surface area contributed by atoms with Gasteiger partial charge in [0.15, 0.2) is 5.76 Å². The fourth-order valence-electron chi connectivity index (χ4n) is 3.13. The Kier molecular flexibility index (Phi) is 5.19. The average molecular weight is 431 g/mol. The first kappa shape index (κ1) is 17.7. The first-order valence-corrected chi connectivity index (χ1v) is 9.57. The largest absolute Gasteiger partial charge is 0.454 e. The van der Waals surface area contributed by atoms with E-state index < -0.39 is 0 Å². The Bertz CT molecular complexity index is 901. The van der Waals surface area contributed by atoms with Gasteiger partial charge in [-0.2, -0.15) is 10.2 Å². The molecular weight excluding hydrogens is 412 g/mol. The molecule has 1 N–H and O–H groups in total. The summed E-state index contributed by atoms with van der Waals surface area (Å²) in [7, 11) is 0. The number of anilines is 1. The van der Waals surface area contributed by atoms with Crippen molar-refractivity contribution >= 4 is 27.7 Å². The van der Waals surface area contributed by atoms with Crippen molar-refractivity contribution in [2.75, 3.05) is 18.4 Å². The molecule has 3 aromatic rings. The highest BCUT2D eigenvalue weighted by atomic mass is 79.9. The van der Waals surface area contributed by atoms with Crippen molar-refractivity contribution < 1.29 is 9.21 Å². The van der Waals surface area contributed by atoms with E-state index in [0.717, 1.165) is 23.1 Å². The van der Waals surface area contributed by atoms with Crippen LogP contribution in [0.5, 0.6) is 0 Å². The molecule has 1 aliphatic rings. The van der Waals surface area contributed by atoms with Crippen molar-refractivity contribution in [2.45, 2.75) is 25.4 Å². The standard InChI is InChI=1S/C18H19BrN6O2/c19-13-10-21-25(11-13)12-15-3-4-16(27-15)18(26)24-8-5-14(6-9-24)22-17-2-1-7-20-23-17/h1-4,7,10-11,14H,5-6,8-9,12H2,(H,22,23). The second-order valence-corrected chi connectivity index (χ2v) is 7.36. The highest BCUT2D eigenvalue weighted by Gasteiger charge is 2.25. The van der Waals surface area contributed by atoms with Crippen LogP contribution in [0.4, 0.5) is 5.82 Å². The number of hydrogen-bond acceptors (Lipinski definition) is 6. The fraction of sp³-hybridized carbons (Fsp3) is 0.333. The molecule has 9 heteroatoms. The number of carbonyl (C=O) groups is 1. The molecule has 4 heterocycles. The summed E-state index contributed by atoms with van der Waals surface area (Å²) < 4.78 is 8.39. The Hall–Kier alpha value is -2.68. The number of aromatic nitrogens is 4. The lowest BCUT2D eigenvalue weighted by Crippen LogP contribution is -2.42. The van der Waals surface area contributed by atoms with Gasteiger partial charge < -0.3 is 14.6 Å². The molecule has 1 amide bonds. The lowest BCUT2D eigenvalue weighted by atomic mass is 10.0. The minimum absolute atomic E-state index is 0.0687. The Labute approximate surface area is 164 Å². The smallest absolute Gasteiger partial charge is 0.289 e. The third kappa shape index (κ3) is 4.36. The molecule has 0 spiro atoms. The van der Waals surface area contributed by atoms with Crippen LogP contribution >= 0.6 is 15.9 Å². The van der Waals surface area contributed by atoms with Gasteiger partial charge in [0.25, 0.3) is 5.91 Å². The zero-order valence-electron chi connectivity index (χ0n) is 14.6. The topological polar surface area (TPSA) is 89.1 Å². The summed E-state index contributed by atoms with van der Waals surface area (Å²) in [4.78, 5) is 14.5. The third-order valence-corrected chi connectivity index (χ3v) is 4.91. The van der Waals surface area contributed by atoms with E-state index in [-0.39, 0.29) is 11.9 Å². The van der Waals surface area contributed by atoms with Crippen LogP contribution in [0.1, 0.15) is 29.2 Å². The van der Waals surface area contributed by atoms with E-state index >= 15 is 0 Å². The molecule has 0 atom stereocenters.